The molecule has 31 heavy (non-hydrogen) atoms. The molecule has 1 saturated heterocycles. The topological polar surface area (TPSA) is 63.9 Å². The van der Waals surface area contributed by atoms with E-state index in [4.69, 9.17) is 9.73 Å². The highest BCUT2D eigenvalue weighted by Gasteiger charge is 2.27. The van der Waals surface area contributed by atoms with Gasteiger partial charge in [-0.3, -0.25) is 0 Å². The van der Waals surface area contributed by atoms with E-state index in [9.17, 15) is 8.42 Å². The zero-order valence-electron chi connectivity index (χ0n) is 17.6. The highest BCUT2D eigenvalue weighted by Crippen LogP contribution is 2.26. The fourth-order valence-corrected chi connectivity index (χ4v) is 6.19. The second kappa shape index (κ2) is 9.91. The van der Waals surface area contributed by atoms with Gasteiger partial charge in [0.25, 0.3) is 0 Å². The van der Waals surface area contributed by atoms with Gasteiger partial charge in [-0.15, -0.1) is 11.3 Å². The Morgan fingerprint density at radius 2 is 1.74 bits per heavy atom. The van der Waals surface area contributed by atoms with Gasteiger partial charge in [-0.25, -0.2) is 13.4 Å². The zero-order valence-corrected chi connectivity index (χ0v) is 19.2. The van der Waals surface area contributed by atoms with Crippen LogP contribution in [0.2, 0.25) is 0 Å². The molecule has 0 saturated carbocycles. The SMILES string of the molecule is COCCCn1c(-c2ccc(S(=O)(=O)N3CCCC3)cc2)csc1=Nc1ccccc1. The van der Waals surface area contributed by atoms with Gasteiger partial charge in [0.15, 0.2) is 4.80 Å². The van der Waals surface area contributed by atoms with Crippen LogP contribution in [0.25, 0.3) is 11.3 Å². The van der Waals surface area contributed by atoms with Crippen LogP contribution < -0.4 is 4.80 Å². The van der Waals surface area contributed by atoms with Crippen molar-refractivity contribution in [2.45, 2.75) is 30.7 Å². The Bertz CT molecular complexity index is 1160. The summed E-state index contributed by atoms with van der Waals surface area (Å²) < 4.78 is 34.6. The number of aromatic nitrogens is 1. The van der Waals surface area contributed by atoms with Gasteiger partial charge in [-0.05, 0) is 49.1 Å². The van der Waals surface area contributed by atoms with Crippen LogP contribution in [0.1, 0.15) is 19.3 Å². The van der Waals surface area contributed by atoms with E-state index in [0.29, 0.717) is 24.6 Å². The van der Waals surface area contributed by atoms with E-state index in [2.05, 4.69) is 9.95 Å². The van der Waals surface area contributed by atoms with Crippen LogP contribution in [0.15, 0.2) is 69.9 Å². The fraction of sp³-hybridized carbons (Fsp3) is 0.348. The monoisotopic (exact) mass is 457 g/mol. The minimum Gasteiger partial charge on any atom is -0.385 e. The molecule has 164 valence electrons. The summed E-state index contributed by atoms with van der Waals surface area (Å²) in [5.74, 6) is 0. The molecule has 0 amide bonds. The Kier molecular flexibility index (Phi) is 7.02. The number of benzene rings is 2. The third-order valence-corrected chi connectivity index (χ3v) is 8.14. The maximum Gasteiger partial charge on any atom is 0.243 e. The van der Waals surface area contributed by atoms with Crippen molar-refractivity contribution < 1.29 is 13.2 Å². The first-order valence-corrected chi connectivity index (χ1v) is 12.8. The number of nitrogens with zero attached hydrogens (tertiary/aromatic N) is 3. The molecular weight excluding hydrogens is 430 g/mol. The van der Waals surface area contributed by atoms with E-state index in [0.717, 1.165) is 47.6 Å². The number of hydrogen-bond acceptors (Lipinski definition) is 5. The normalized spacial score (nSPS) is 15.6. The van der Waals surface area contributed by atoms with Crippen molar-refractivity contribution in [3.8, 4) is 11.3 Å². The summed E-state index contributed by atoms with van der Waals surface area (Å²) in [7, 11) is -1.70. The van der Waals surface area contributed by atoms with Gasteiger partial charge in [0.2, 0.25) is 10.0 Å². The van der Waals surface area contributed by atoms with Gasteiger partial charge >= 0.3 is 0 Å². The molecule has 0 atom stereocenters. The fourth-order valence-electron chi connectivity index (χ4n) is 3.72. The Morgan fingerprint density at radius 3 is 2.42 bits per heavy atom. The van der Waals surface area contributed by atoms with Crippen molar-refractivity contribution in [2.24, 2.45) is 4.99 Å². The maximum atomic E-state index is 12.8. The lowest BCUT2D eigenvalue weighted by Crippen LogP contribution is -2.27. The first-order chi connectivity index (χ1) is 15.1. The van der Waals surface area contributed by atoms with Gasteiger partial charge in [0.05, 0.1) is 16.3 Å². The van der Waals surface area contributed by atoms with E-state index >= 15 is 0 Å². The molecule has 8 heteroatoms. The third kappa shape index (κ3) is 4.98. The van der Waals surface area contributed by atoms with Crippen molar-refractivity contribution in [1.82, 2.24) is 8.87 Å². The highest BCUT2D eigenvalue weighted by molar-refractivity contribution is 7.89. The van der Waals surface area contributed by atoms with E-state index in [1.165, 1.54) is 0 Å². The average Bonchev–Trinajstić information content (AvgIpc) is 3.46. The summed E-state index contributed by atoms with van der Waals surface area (Å²) in [4.78, 5) is 6.08. The van der Waals surface area contributed by atoms with Crippen LogP contribution in [-0.4, -0.2) is 44.1 Å². The second-order valence-corrected chi connectivity index (χ2v) is 10.3. The molecular formula is C23H27N3O3S2. The van der Waals surface area contributed by atoms with Gasteiger partial charge in [-0.1, -0.05) is 30.3 Å². The summed E-state index contributed by atoms with van der Waals surface area (Å²) in [6.07, 6.45) is 2.73. The molecule has 4 rings (SSSR count). The standard InChI is InChI=1S/C23H27N3O3S2/c1-29-17-7-16-26-22(18-30-23(26)24-20-8-3-2-4-9-20)19-10-12-21(13-11-19)31(27,28)25-14-5-6-15-25/h2-4,8-13,18H,5-7,14-17H2,1H3. The molecule has 0 spiro atoms. The lowest BCUT2D eigenvalue weighted by atomic mass is 10.2. The second-order valence-electron chi connectivity index (χ2n) is 7.48. The van der Waals surface area contributed by atoms with Crippen molar-refractivity contribution in [3.63, 3.8) is 0 Å². The first-order valence-electron chi connectivity index (χ1n) is 10.5. The van der Waals surface area contributed by atoms with Crippen LogP contribution in [0.3, 0.4) is 0 Å². The Balaban J connectivity index is 1.68. The summed E-state index contributed by atoms with van der Waals surface area (Å²) in [5, 5.41) is 2.08. The molecule has 2 aromatic carbocycles. The number of para-hydroxylation sites is 1. The molecule has 0 bridgehead atoms. The number of sulfonamides is 1. The molecule has 0 unspecified atom stereocenters. The van der Waals surface area contributed by atoms with Crippen molar-refractivity contribution in [1.29, 1.82) is 0 Å². The Labute approximate surface area is 187 Å². The molecule has 3 aromatic rings. The number of rotatable bonds is 8. The molecule has 0 radical (unpaired) electrons. The van der Waals surface area contributed by atoms with Crippen molar-refractivity contribution >= 4 is 27.0 Å². The van der Waals surface area contributed by atoms with Crippen molar-refractivity contribution in [2.75, 3.05) is 26.8 Å². The Hall–Kier alpha value is -2.26. The molecule has 1 aliphatic rings. The van der Waals surface area contributed by atoms with Gasteiger partial charge in [-0.2, -0.15) is 4.31 Å². The number of ether oxygens (including phenoxy) is 1. The van der Waals surface area contributed by atoms with Gasteiger partial charge in [0.1, 0.15) is 0 Å². The van der Waals surface area contributed by atoms with E-state index in [1.54, 1.807) is 34.9 Å². The molecule has 1 aromatic heterocycles. The van der Waals surface area contributed by atoms with E-state index in [1.807, 2.05) is 42.5 Å². The minimum absolute atomic E-state index is 0.355. The summed E-state index contributed by atoms with van der Waals surface area (Å²) in [5.41, 5.74) is 2.91. The predicted molar refractivity (Wildman–Crippen MR) is 124 cm³/mol. The van der Waals surface area contributed by atoms with Crippen LogP contribution >= 0.6 is 11.3 Å². The number of methoxy groups -OCH3 is 1. The van der Waals surface area contributed by atoms with Gasteiger partial charge < -0.3 is 9.30 Å². The van der Waals surface area contributed by atoms with Crippen LogP contribution in [0.5, 0.6) is 0 Å². The van der Waals surface area contributed by atoms with Crippen LogP contribution in [0, 0.1) is 0 Å². The average molecular weight is 458 g/mol. The molecule has 1 fully saturated rings. The first kappa shape index (κ1) is 22.0. The quantitative estimate of drug-likeness (QED) is 0.475. The molecule has 0 N–H and O–H groups in total. The van der Waals surface area contributed by atoms with E-state index < -0.39 is 10.0 Å². The van der Waals surface area contributed by atoms with Crippen molar-refractivity contribution in [3.05, 3.63) is 64.8 Å². The van der Waals surface area contributed by atoms with Gasteiger partial charge in [0, 0.05) is 38.7 Å². The largest absolute Gasteiger partial charge is 0.385 e. The zero-order chi connectivity index (χ0) is 21.7. The van der Waals surface area contributed by atoms with Crippen LogP contribution in [-0.2, 0) is 21.3 Å². The Morgan fingerprint density at radius 1 is 1.03 bits per heavy atom. The van der Waals surface area contributed by atoms with Crippen LogP contribution in [0.4, 0.5) is 5.69 Å². The molecule has 1 aliphatic heterocycles. The highest BCUT2D eigenvalue weighted by atomic mass is 32.2. The molecule has 0 aliphatic carbocycles. The summed E-state index contributed by atoms with van der Waals surface area (Å²) >= 11 is 1.58. The summed E-state index contributed by atoms with van der Waals surface area (Å²) in [6.45, 7) is 2.66. The third-order valence-electron chi connectivity index (χ3n) is 5.36. The lowest BCUT2D eigenvalue weighted by Gasteiger charge is -2.16. The predicted octanol–water partition coefficient (Wildman–Crippen LogP) is 4.27. The maximum absolute atomic E-state index is 12.8. The number of thiazole rings is 1. The summed E-state index contributed by atoms with van der Waals surface area (Å²) in [6, 6.07) is 17.1. The molecule has 2 heterocycles. The van der Waals surface area contributed by atoms with E-state index in [-0.39, 0.29) is 0 Å². The lowest BCUT2D eigenvalue weighted by molar-refractivity contribution is 0.190. The molecule has 6 nitrogen and oxygen atoms in total. The smallest absolute Gasteiger partial charge is 0.243 e. The minimum atomic E-state index is -3.41. The number of hydrogen-bond donors (Lipinski definition) is 0.